The molecule has 0 aliphatic heterocycles. The Morgan fingerprint density at radius 1 is 1.16 bits per heavy atom. The lowest BCUT2D eigenvalue weighted by Gasteiger charge is -2.23. The third-order valence-corrected chi connectivity index (χ3v) is 4.25. The fourth-order valence-corrected chi connectivity index (χ4v) is 2.87. The summed E-state index contributed by atoms with van der Waals surface area (Å²) in [4.78, 5) is 39.2. The predicted octanol–water partition coefficient (Wildman–Crippen LogP) is 3.39. The van der Waals surface area contributed by atoms with Crippen LogP contribution in [-0.2, 0) is 0 Å². The highest BCUT2D eigenvalue weighted by Gasteiger charge is 2.32. The molecule has 3 rings (SSSR count). The molecule has 1 atom stereocenters. The van der Waals surface area contributed by atoms with Gasteiger partial charge in [0, 0.05) is 18.5 Å². The Bertz CT molecular complexity index is 1170. The minimum Gasteiger partial charge on any atom is -0.403 e. The van der Waals surface area contributed by atoms with Crippen LogP contribution in [0.3, 0.4) is 0 Å². The van der Waals surface area contributed by atoms with Gasteiger partial charge in [-0.1, -0.05) is 19.9 Å². The van der Waals surface area contributed by atoms with Crippen LogP contribution >= 0.6 is 0 Å². The van der Waals surface area contributed by atoms with Gasteiger partial charge in [0.05, 0.1) is 6.04 Å². The Kier molecular flexibility index (Phi) is 6.51. The molecule has 0 saturated heterocycles. The van der Waals surface area contributed by atoms with E-state index in [1.165, 1.54) is 18.5 Å². The number of ether oxygens (including phenoxy) is 1. The molecule has 2 heterocycles. The van der Waals surface area contributed by atoms with Crippen molar-refractivity contribution in [3.05, 3.63) is 70.2 Å². The zero-order valence-electron chi connectivity index (χ0n) is 16.8. The van der Waals surface area contributed by atoms with E-state index >= 15 is 0 Å². The van der Waals surface area contributed by atoms with Gasteiger partial charge in [-0.3, -0.25) is 9.59 Å². The highest BCUT2D eigenvalue weighted by molar-refractivity contribution is 5.92. The normalized spacial score (nSPS) is 12.5. The second-order valence-corrected chi connectivity index (χ2v) is 6.98. The second kappa shape index (κ2) is 9.12. The molecule has 12 heteroatoms. The molecular formula is C20H17F4N5O3. The van der Waals surface area contributed by atoms with Crippen molar-refractivity contribution >= 4 is 5.91 Å². The maximum atomic E-state index is 14.1. The molecule has 2 aromatic heterocycles. The van der Waals surface area contributed by atoms with Crippen molar-refractivity contribution in [3.63, 3.8) is 0 Å². The first-order chi connectivity index (χ1) is 15.0. The number of alkyl halides is 3. The number of nitrogens with zero attached hydrogens (tertiary/aromatic N) is 3. The maximum Gasteiger partial charge on any atom is 0.573 e. The first-order valence-corrected chi connectivity index (χ1v) is 9.28. The molecule has 0 saturated carbocycles. The van der Waals surface area contributed by atoms with Crippen LogP contribution < -0.4 is 15.6 Å². The average molecular weight is 451 g/mol. The quantitative estimate of drug-likeness (QED) is 0.556. The van der Waals surface area contributed by atoms with Gasteiger partial charge < -0.3 is 15.0 Å². The molecule has 0 radical (unpaired) electrons. The molecule has 0 aliphatic rings. The van der Waals surface area contributed by atoms with Crippen LogP contribution in [0.1, 0.15) is 35.9 Å². The number of amides is 1. The Hall–Kier alpha value is -3.83. The number of hydrogen-bond donors (Lipinski definition) is 2. The monoisotopic (exact) mass is 451 g/mol. The lowest BCUT2D eigenvalue weighted by molar-refractivity contribution is -0.275. The Morgan fingerprint density at radius 2 is 1.84 bits per heavy atom. The zero-order valence-corrected chi connectivity index (χ0v) is 16.8. The smallest absolute Gasteiger partial charge is 0.403 e. The van der Waals surface area contributed by atoms with E-state index in [-0.39, 0.29) is 28.8 Å². The molecule has 32 heavy (non-hydrogen) atoms. The molecule has 1 aromatic carbocycles. The van der Waals surface area contributed by atoms with Gasteiger partial charge in [0.2, 0.25) is 0 Å². The summed E-state index contributed by atoms with van der Waals surface area (Å²) in [5.41, 5.74) is -0.649. The number of nitrogens with one attached hydrogen (secondary N) is 2. The molecule has 0 spiro atoms. The molecule has 2 N–H and O–H groups in total. The number of halogens is 4. The van der Waals surface area contributed by atoms with Crippen molar-refractivity contribution in [2.75, 3.05) is 0 Å². The number of carbonyl (C=O) groups is 1. The molecule has 3 aromatic rings. The zero-order chi connectivity index (χ0) is 23.5. The van der Waals surface area contributed by atoms with Crippen molar-refractivity contribution < 1.29 is 27.1 Å². The van der Waals surface area contributed by atoms with Crippen LogP contribution in [0.4, 0.5) is 17.6 Å². The van der Waals surface area contributed by atoms with E-state index in [0.29, 0.717) is 0 Å². The number of benzene rings is 1. The highest BCUT2D eigenvalue weighted by atomic mass is 19.4. The molecule has 1 unspecified atom stereocenters. The van der Waals surface area contributed by atoms with E-state index in [0.717, 1.165) is 18.2 Å². The van der Waals surface area contributed by atoms with Crippen LogP contribution in [0.25, 0.3) is 11.6 Å². The molecule has 0 fully saturated rings. The van der Waals surface area contributed by atoms with Gasteiger partial charge in [-0.2, -0.15) is 0 Å². The topological polar surface area (TPSA) is 110 Å². The first kappa shape index (κ1) is 22.8. The van der Waals surface area contributed by atoms with Crippen LogP contribution in [-0.4, -0.2) is 32.2 Å². The van der Waals surface area contributed by atoms with Crippen LogP contribution in [0, 0.1) is 11.7 Å². The van der Waals surface area contributed by atoms with Crippen LogP contribution in [0.5, 0.6) is 5.75 Å². The van der Waals surface area contributed by atoms with Crippen molar-refractivity contribution in [2.45, 2.75) is 26.3 Å². The lowest BCUT2D eigenvalue weighted by atomic mass is 9.95. The summed E-state index contributed by atoms with van der Waals surface area (Å²) in [7, 11) is 0. The van der Waals surface area contributed by atoms with Gasteiger partial charge >= 0.3 is 6.36 Å². The predicted molar refractivity (Wildman–Crippen MR) is 104 cm³/mol. The van der Waals surface area contributed by atoms with Gasteiger partial charge in [-0.15, -0.1) is 13.2 Å². The van der Waals surface area contributed by atoms with E-state index in [1.54, 1.807) is 19.9 Å². The highest BCUT2D eigenvalue weighted by Crippen LogP contribution is 2.30. The van der Waals surface area contributed by atoms with Crippen molar-refractivity contribution in [3.8, 4) is 17.4 Å². The van der Waals surface area contributed by atoms with E-state index < -0.39 is 35.4 Å². The van der Waals surface area contributed by atoms with Crippen LogP contribution in [0.2, 0.25) is 0 Å². The molecule has 0 bridgehead atoms. The van der Waals surface area contributed by atoms with E-state index in [9.17, 15) is 27.2 Å². The van der Waals surface area contributed by atoms with Gasteiger partial charge in [-0.05, 0) is 29.7 Å². The van der Waals surface area contributed by atoms with Crippen molar-refractivity contribution in [1.29, 1.82) is 0 Å². The maximum absolute atomic E-state index is 14.1. The Labute approximate surface area is 178 Å². The van der Waals surface area contributed by atoms with E-state index in [1.807, 2.05) is 0 Å². The number of aromatic amines is 1. The van der Waals surface area contributed by atoms with Gasteiger partial charge in [0.15, 0.2) is 23.2 Å². The van der Waals surface area contributed by atoms with E-state index in [2.05, 4.69) is 30.0 Å². The molecular weight excluding hydrogens is 434 g/mol. The average Bonchev–Trinajstić information content (AvgIpc) is 2.72. The summed E-state index contributed by atoms with van der Waals surface area (Å²) in [6.07, 6.45) is -2.17. The largest absolute Gasteiger partial charge is 0.573 e. The standard InChI is InChI=1S/C20H17F4N5O3/c1-10(2)16(11-4-5-14(12(21)8-11)32-20(22,23)24)29-19(31)13-9-15(30)28-18(27-13)17-25-6-3-7-26-17/h3-10,16H,1-2H3,(H,29,31)(H,27,28,30). The minimum absolute atomic E-state index is 0.0240. The number of hydrogen-bond acceptors (Lipinski definition) is 6. The summed E-state index contributed by atoms with van der Waals surface area (Å²) in [5, 5.41) is 2.63. The van der Waals surface area contributed by atoms with Gasteiger partial charge in [0.1, 0.15) is 5.69 Å². The third-order valence-electron chi connectivity index (χ3n) is 4.25. The fraction of sp³-hybridized carbons (Fsp3) is 0.250. The van der Waals surface area contributed by atoms with Crippen molar-refractivity contribution in [2.24, 2.45) is 5.92 Å². The summed E-state index contributed by atoms with van der Waals surface area (Å²) in [6, 6.07) is 4.63. The van der Waals surface area contributed by atoms with Crippen molar-refractivity contribution in [1.82, 2.24) is 25.3 Å². The number of H-pyrrole nitrogens is 1. The van der Waals surface area contributed by atoms with Gasteiger partial charge in [-0.25, -0.2) is 19.3 Å². The fourth-order valence-electron chi connectivity index (χ4n) is 2.87. The lowest BCUT2D eigenvalue weighted by Crippen LogP contribution is -2.33. The Balaban J connectivity index is 1.87. The van der Waals surface area contributed by atoms with E-state index in [4.69, 9.17) is 0 Å². The summed E-state index contributed by atoms with van der Waals surface area (Å²) >= 11 is 0. The SMILES string of the molecule is CC(C)C(NC(=O)c1cc(=O)[nH]c(-c2ncccn2)n1)c1ccc(OC(F)(F)F)c(F)c1. The summed E-state index contributed by atoms with van der Waals surface area (Å²) in [6.45, 7) is 3.44. The first-order valence-electron chi connectivity index (χ1n) is 9.28. The second-order valence-electron chi connectivity index (χ2n) is 6.98. The number of carbonyl (C=O) groups excluding carboxylic acids is 1. The molecule has 168 valence electrons. The number of aromatic nitrogens is 4. The third kappa shape index (κ3) is 5.65. The molecule has 1 amide bonds. The molecule has 0 aliphatic carbocycles. The summed E-state index contributed by atoms with van der Waals surface area (Å²) in [5.74, 6) is -3.18. The minimum atomic E-state index is -5.04. The number of rotatable bonds is 6. The van der Waals surface area contributed by atoms with Crippen LogP contribution in [0.15, 0.2) is 47.5 Å². The summed E-state index contributed by atoms with van der Waals surface area (Å²) < 4.78 is 54.9. The Morgan fingerprint density at radius 3 is 2.44 bits per heavy atom. The molecule has 8 nitrogen and oxygen atoms in total. The van der Waals surface area contributed by atoms with Gasteiger partial charge in [0.25, 0.3) is 11.5 Å².